The monoisotopic (exact) mass is 721 g/mol. The molecule has 0 spiro atoms. The van der Waals surface area contributed by atoms with Crippen molar-refractivity contribution >= 4 is 78.2 Å². The topological polar surface area (TPSA) is 56.5 Å². The van der Waals surface area contributed by atoms with Crippen LogP contribution in [0, 0.1) is 12.6 Å². The van der Waals surface area contributed by atoms with Crippen LogP contribution in [-0.4, -0.2) is 22.5 Å². The number of hydrogen-bond acceptors (Lipinski definition) is 4. The van der Waals surface area contributed by atoms with Gasteiger partial charge in [0.25, 0.3) is 5.56 Å². The predicted molar refractivity (Wildman–Crippen MR) is 152 cm³/mol. The van der Waals surface area contributed by atoms with Crippen molar-refractivity contribution in [3.63, 3.8) is 0 Å². The van der Waals surface area contributed by atoms with Crippen LogP contribution in [0.25, 0.3) is 10.9 Å². The van der Waals surface area contributed by atoms with E-state index in [0.717, 1.165) is 35.8 Å². The summed E-state index contributed by atoms with van der Waals surface area (Å²) in [5.74, 6) is 1.56. The fourth-order valence-electron chi connectivity index (χ4n) is 3.02. The van der Waals surface area contributed by atoms with Crippen LogP contribution < -0.4 is 10.3 Å². The van der Waals surface area contributed by atoms with Crippen molar-refractivity contribution < 1.29 is 4.74 Å². The molecule has 0 unspecified atom stereocenters. The maximum Gasteiger partial charge on any atom is 0.282 e. The summed E-state index contributed by atoms with van der Waals surface area (Å²) in [7, 11) is 0. The van der Waals surface area contributed by atoms with Crippen molar-refractivity contribution in [1.82, 2.24) is 9.66 Å². The Kier molecular flexibility index (Phi) is 8.76. The SMILES string of the molecule is CCCCc1nc2ccc(Br)cc2c(=O)n1N=Cc1cc(I)c(OCC(C)(C)C)c(I)c1. The molecule has 0 saturated heterocycles. The molecule has 0 N–H and O–H groups in total. The van der Waals surface area contributed by atoms with Crippen LogP contribution in [0.2, 0.25) is 0 Å². The van der Waals surface area contributed by atoms with Gasteiger partial charge in [0, 0.05) is 10.9 Å². The molecule has 0 amide bonds. The van der Waals surface area contributed by atoms with Gasteiger partial charge in [0.05, 0.1) is 30.9 Å². The molecule has 1 heterocycles. The van der Waals surface area contributed by atoms with Gasteiger partial charge in [-0.1, -0.05) is 50.0 Å². The Labute approximate surface area is 224 Å². The summed E-state index contributed by atoms with van der Waals surface area (Å²) in [5, 5.41) is 5.11. The van der Waals surface area contributed by atoms with Crippen molar-refractivity contribution in [2.45, 2.75) is 47.0 Å². The zero-order valence-electron chi connectivity index (χ0n) is 18.6. The average Bonchev–Trinajstić information content (AvgIpc) is 2.70. The third-order valence-corrected chi connectivity index (χ3v) is 6.72. The van der Waals surface area contributed by atoms with E-state index in [-0.39, 0.29) is 11.0 Å². The van der Waals surface area contributed by atoms with Crippen LogP contribution in [-0.2, 0) is 6.42 Å². The molecule has 5 nitrogen and oxygen atoms in total. The Morgan fingerprint density at radius 1 is 1.19 bits per heavy atom. The van der Waals surface area contributed by atoms with E-state index in [9.17, 15) is 4.79 Å². The van der Waals surface area contributed by atoms with Gasteiger partial charge in [-0.05, 0) is 92.9 Å². The van der Waals surface area contributed by atoms with E-state index in [4.69, 9.17) is 9.72 Å². The lowest BCUT2D eigenvalue weighted by atomic mass is 9.99. The van der Waals surface area contributed by atoms with E-state index in [1.165, 1.54) is 4.68 Å². The zero-order valence-corrected chi connectivity index (χ0v) is 24.5. The largest absolute Gasteiger partial charge is 0.491 e. The third kappa shape index (κ3) is 6.53. The number of hydrogen-bond donors (Lipinski definition) is 0. The summed E-state index contributed by atoms with van der Waals surface area (Å²) >= 11 is 8.02. The van der Waals surface area contributed by atoms with Gasteiger partial charge >= 0.3 is 0 Å². The van der Waals surface area contributed by atoms with Gasteiger partial charge in [-0.2, -0.15) is 9.78 Å². The number of rotatable bonds is 7. The van der Waals surface area contributed by atoms with E-state index < -0.39 is 0 Å². The molecule has 0 saturated carbocycles. The first-order valence-electron chi connectivity index (χ1n) is 10.5. The minimum atomic E-state index is -0.159. The molecular formula is C24H26BrI2N3O2. The van der Waals surface area contributed by atoms with Gasteiger partial charge in [0.15, 0.2) is 0 Å². The van der Waals surface area contributed by atoms with Crippen LogP contribution in [0.15, 0.2) is 44.7 Å². The first-order valence-corrected chi connectivity index (χ1v) is 13.4. The van der Waals surface area contributed by atoms with Crippen molar-refractivity contribution in [1.29, 1.82) is 0 Å². The molecule has 0 aliphatic heterocycles. The average molecular weight is 722 g/mol. The van der Waals surface area contributed by atoms with E-state index in [1.807, 2.05) is 24.3 Å². The number of halogens is 3. The quantitative estimate of drug-likeness (QED) is 0.195. The summed E-state index contributed by atoms with van der Waals surface area (Å²) in [5.41, 5.74) is 1.53. The van der Waals surface area contributed by atoms with Gasteiger partial charge in [-0.3, -0.25) is 4.79 Å². The fourth-order valence-corrected chi connectivity index (χ4v) is 5.50. The Bertz CT molecular complexity index is 1190. The predicted octanol–water partition coefficient (Wildman–Crippen LogP) is 7.02. The smallest absolute Gasteiger partial charge is 0.282 e. The Balaban J connectivity index is 2.00. The van der Waals surface area contributed by atoms with Crippen LogP contribution in [0.3, 0.4) is 0 Å². The minimum absolute atomic E-state index is 0.0838. The maximum atomic E-state index is 13.2. The Morgan fingerprint density at radius 2 is 1.88 bits per heavy atom. The zero-order chi connectivity index (χ0) is 23.5. The number of nitrogens with zero attached hydrogens (tertiary/aromatic N) is 3. The van der Waals surface area contributed by atoms with Crippen molar-refractivity contribution in [3.8, 4) is 5.75 Å². The van der Waals surface area contributed by atoms with E-state index in [0.29, 0.717) is 29.8 Å². The first-order chi connectivity index (χ1) is 15.1. The molecule has 3 rings (SSSR count). The second kappa shape index (κ2) is 10.9. The highest BCUT2D eigenvalue weighted by Crippen LogP contribution is 2.30. The molecule has 8 heteroatoms. The Morgan fingerprint density at radius 3 is 2.50 bits per heavy atom. The van der Waals surface area contributed by atoms with Crippen LogP contribution in [0.1, 0.15) is 51.9 Å². The molecule has 0 aliphatic rings. The van der Waals surface area contributed by atoms with Gasteiger partial charge < -0.3 is 4.74 Å². The molecule has 0 fully saturated rings. The van der Waals surface area contributed by atoms with E-state index in [2.05, 4.69) is 93.9 Å². The molecule has 32 heavy (non-hydrogen) atoms. The number of aromatic nitrogens is 2. The lowest BCUT2D eigenvalue weighted by molar-refractivity contribution is 0.195. The summed E-state index contributed by atoms with van der Waals surface area (Å²) < 4.78 is 10.4. The number of aryl methyl sites for hydroxylation is 1. The summed E-state index contributed by atoms with van der Waals surface area (Å²) in [6.45, 7) is 9.21. The molecule has 0 radical (unpaired) electrons. The lowest BCUT2D eigenvalue weighted by Gasteiger charge is -2.20. The van der Waals surface area contributed by atoms with Crippen molar-refractivity contribution in [2.24, 2.45) is 10.5 Å². The number of ether oxygens (including phenoxy) is 1. The Hall–Kier alpha value is -1.01. The van der Waals surface area contributed by atoms with Crippen molar-refractivity contribution in [2.75, 3.05) is 6.61 Å². The normalized spacial score (nSPS) is 12.1. The summed E-state index contributed by atoms with van der Waals surface area (Å²) in [6, 6.07) is 9.61. The highest BCUT2D eigenvalue weighted by Gasteiger charge is 2.15. The molecule has 3 aromatic rings. The van der Waals surface area contributed by atoms with Crippen LogP contribution in [0.4, 0.5) is 0 Å². The van der Waals surface area contributed by atoms with E-state index >= 15 is 0 Å². The standard InChI is InChI=1S/C24H26BrI2N3O2/c1-5-6-7-21-29-20-9-8-16(25)12-17(20)23(31)30(21)28-13-15-10-18(26)22(19(27)11-15)32-14-24(2,3)4/h8-13H,5-7,14H2,1-4H3. The highest BCUT2D eigenvalue weighted by molar-refractivity contribution is 14.1. The molecule has 1 aromatic heterocycles. The second-order valence-corrected chi connectivity index (χ2v) is 12.1. The molecule has 0 atom stereocenters. The number of unbranched alkanes of at least 4 members (excludes halogenated alkanes) is 1. The molecular weight excluding hydrogens is 696 g/mol. The van der Waals surface area contributed by atoms with Gasteiger partial charge in [-0.15, -0.1) is 0 Å². The number of benzene rings is 2. The number of fused-ring (bicyclic) bond motifs is 1. The summed E-state index contributed by atoms with van der Waals surface area (Å²) in [6.07, 6.45) is 4.38. The van der Waals surface area contributed by atoms with Gasteiger partial charge in [0.2, 0.25) is 0 Å². The third-order valence-electron chi connectivity index (χ3n) is 4.62. The van der Waals surface area contributed by atoms with Gasteiger partial charge in [0.1, 0.15) is 11.6 Å². The molecule has 0 bridgehead atoms. The molecule has 170 valence electrons. The summed E-state index contributed by atoms with van der Waals surface area (Å²) in [4.78, 5) is 17.9. The maximum absolute atomic E-state index is 13.2. The van der Waals surface area contributed by atoms with Crippen molar-refractivity contribution in [3.05, 3.63) is 63.7 Å². The van der Waals surface area contributed by atoms with Crippen LogP contribution in [0.5, 0.6) is 5.75 Å². The highest BCUT2D eigenvalue weighted by atomic mass is 127. The minimum Gasteiger partial charge on any atom is -0.491 e. The van der Waals surface area contributed by atoms with Crippen LogP contribution >= 0.6 is 61.1 Å². The van der Waals surface area contributed by atoms with E-state index in [1.54, 1.807) is 12.3 Å². The second-order valence-electron chi connectivity index (χ2n) is 8.82. The molecule has 0 aliphatic carbocycles. The lowest BCUT2D eigenvalue weighted by Crippen LogP contribution is -2.22. The van der Waals surface area contributed by atoms with Gasteiger partial charge in [-0.25, -0.2) is 4.98 Å². The fraction of sp³-hybridized carbons (Fsp3) is 0.375. The molecule has 2 aromatic carbocycles. The first kappa shape index (κ1) is 25.6.